The van der Waals surface area contributed by atoms with E-state index in [9.17, 15) is 8.42 Å². The molecule has 6 heteroatoms. The van der Waals surface area contributed by atoms with E-state index in [4.69, 9.17) is 22.3 Å². The molecule has 1 N–H and O–H groups in total. The van der Waals surface area contributed by atoms with Crippen molar-refractivity contribution in [3.8, 4) is 0 Å². The van der Waals surface area contributed by atoms with Gasteiger partial charge in [-0.15, -0.1) is 11.6 Å². The van der Waals surface area contributed by atoms with Gasteiger partial charge < -0.3 is 0 Å². The van der Waals surface area contributed by atoms with Crippen LogP contribution in [-0.4, -0.2) is 20.3 Å². The van der Waals surface area contributed by atoms with E-state index in [1.54, 1.807) is 6.92 Å². The van der Waals surface area contributed by atoms with Crippen molar-refractivity contribution in [2.45, 2.75) is 12.3 Å². The molecule has 0 aromatic heterocycles. The van der Waals surface area contributed by atoms with Crippen molar-refractivity contribution < 1.29 is 8.42 Å². The van der Waals surface area contributed by atoms with Gasteiger partial charge in [-0.05, 0) is 6.92 Å². The van der Waals surface area contributed by atoms with Crippen LogP contribution in [0.4, 0.5) is 0 Å². The van der Waals surface area contributed by atoms with Gasteiger partial charge in [0.05, 0.1) is 0 Å². The summed E-state index contributed by atoms with van der Waals surface area (Å²) in [5, 5.41) is -0.237. The fourth-order valence-electron chi connectivity index (χ4n) is 0.214. The lowest BCUT2D eigenvalue weighted by Crippen LogP contribution is -2.24. The summed E-state index contributed by atoms with van der Waals surface area (Å²) in [6.45, 7) is 1.82. The molecule has 0 saturated heterocycles. The van der Waals surface area contributed by atoms with Crippen LogP contribution in [-0.2, 0) is 9.24 Å². The van der Waals surface area contributed by atoms with Gasteiger partial charge in [0.1, 0.15) is 0 Å². The van der Waals surface area contributed by atoms with Crippen LogP contribution in [0.3, 0.4) is 0 Å². The standard InChI is InChI=1S/C3H7Cl2NO2S/c1-3(4)2-6-9(5,7)8/h3,6H,2H2,1H3. The van der Waals surface area contributed by atoms with E-state index < -0.39 is 9.24 Å². The summed E-state index contributed by atoms with van der Waals surface area (Å²) in [4.78, 5) is 0. The Labute approximate surface area is 63.9 Å². The fourth-order valence-corrected chi connectivity index (χ4v) is 1.02. The Morgan fingerprint density at radius 1 is 1.67 bits per heavy atom. The molecule has 1 atom stereocenters. The lowest BCUT2D eigenvalue weighted by Gasteiger charge is -1.99. The highest BCUT2D eigenvalue weighted by atomic mass is 35.7. The summed E-state index contributed by atoms with van der Waals surface area (Å²) in [6, 6.07) is 0. The highest BCUT2D eigenvalue weighted by molar-refractivity contribution is 8.12. The van der Waals surface area contributed by atoms with Crippen molar-refractivity contribution in [3.63, 3.8) is 0 Å². The average molecular weight is 192 g/mol. The normalized spacial score (nSPS) is 15.4. The van der Waals surface area contributed by atoms with E-state index in [1.807, 2.05) is 4.72 Å². The molecule has 0 aliphatic heterocycles. The molecule has 0 fully saturated rings. The van der Waals surface area contributed by atoms with Gasteiger partial charge in [-0.3, -0.25) is 0 Å². The van der Waals surface area contributed by atoms with Gasteiger partial charge in [-0.2, -0.15) is 8.42 Å². The summed E-state index contributed by atoms with van der Waals surface area (Å²) in [5.41, 5.74) is 0. The molecule has 3 nitrogen and oxygen atoms in total. The zero-order valence-corrected chi connectivity index (χ0v) is 7.09. The van der Waals surface area contributed by atoms with Crippen LogP contribution < -0.4 is 4.72 Å². The van der Waals surface area contributed by atoms with Crippen molar-refractivity contribution in [2.75, 3.05) is 6.54 Å². The summed E-state index contributed by atoms with van der Waals surface area (Å²) >= 11 is 5.40. The monoisotopic (exact) mass is 191 g/mol. The maximum Gasteiger partial charge on any atom is 0.297 e. The molecule has 0 aromatic carbocycles. The van der Waals surface area contributed by atoms with E-state index in [0.29, 0.717) is 0 Å². The van der Waals surface area contributed by atoms with Gasteiger partial charge in [-0.25, -0.2) is 4.72 Å². The zero-order valence-electron chi connectivity index (χ0n) is 4.77. The number of rotatable bonds is 3. The maximum atomic E-state index is 10.1. The number of hydrogen-bond acceptors (Lipinski definition) is 2. The van der Waals surface area contributed by atoms with E-state index in [0.717, 1.165) is 0 Å². The topological polar surface area (TPSA) is 46.2 Å². The molecule has 0 saturated carbocycles. The predicted molar refractivity (Wildman–Crippen MR) is 38.1 cm³/mol. The van der Waals surface area contributed by atoms with Gasteiger partial charge in [0.15, 0.2) is 0 Å². The number of halogens is 2. The van der Waals surface area contributed by atoms with Crippen LogP contribution in [0.2, 0.25) is 0 Å². The SMILES string of the molecule is CC(Cl)CNS(=O)(=O)Cl. The molecule has 0 bridgehead atoms. The Bertz CT molecular complexity index is 165. The first kappa shape index (κ1) is 9.49. The highest BCUT2D eigenvalue weighted by Gasteiger charge is 2.04. The van der Waals surface area contributed by atoms with Crippen LogP contribution >= 0.6 is 22.3 Å². The molecule has 0 amide bonds. The molecule has 0 heterocycles. The minimum absolute atomic E-state index is 0.160. The van der Waals surface area contributed by atoms with Gasteiger partial charge in [0.25, 0.3) is 9.24 Å². The van der Waals surface area contributed by atoms with Crippen LogP contribution in [0.5, 0.6) is 0 Å². The van der Waals surface area contributed by atoms with E-state index in [1.165, 1.54) is 0 Å². The Kier molecular flexibility index (Phi) is 3.80. The summed E-state index contributed by atoms with van der Waals surface area (Å²) < 4.78 is 22.3. The van der Waals surface area contributed by atoms with Crippen LogP contribution in [0.15, 0.2) is 0 Å². The zero-order chi connectivity index (χ0) is 7.49. The molecular formula is C3H7Cl2NO2S. The number of alkyl halides is 1. The van der Waals surface area contributed by atoms with Crippen molar-refractivity contribution >= 4 is 31.5 Å². The Balaban J connectivity index is 3.53. The van der Waals surface area contributed by atoms with Crippen LogP contribution in [0.1, 0.15) is 6.92 Å². The molecule has 9 heavy (non-hydrogen) atoms. The van der Waals surface area contributed by atoms with Crippen molar-refractivity contribution in [3.05, 3.63) is 0 Å². The second-order valence-electron chi connectivity index (χ2n) is 1.57. The molecule has 56 valence electrons. The average Bonchev–Trinajstić information content (AvgIpc) is 1.59. The van der Waals surface area contributed by atoms with Crippen LogP contribution in [0, 0.1) is 0 Å². The third kappa shape index (κ3) is 8.49. The molecule has 0 radical (unpaired) electrons. The number of nitrogens with one attached hydrogen (secondary N) is 1. The van der Waals surface area contributed by atoms with Crippen molar-refractivity contribution in [2.24, 2.45) is 0 Å². The molecule has 0 aromatic rings. The number of hydrogen-bond donors (Lipinski definition) is 1. The fraction of sp³-hybridized carbons (Fsp3) is 1.00. The summed E-state index contributed by atoms with van der Waals surface area (Å²) in [5.74, 6) is 0. The first-order valence-electron chi connectivity index (χ1n) is 2.25. The first-order chi connectivity index (χ1) is 3.92. The van der Waals surface area contributed by atoms with E-state index >= 15 is 0 Å². The van der Waals surface area contributed by atoms with Gasteiger partial charge in [-0.1, -0.05) is 0 Å². The minimum atomic E-state index is -3.58. The second-order valence-corrected chi connectivity index (χ2v) is 4.70. The van der Waals surface area contributed by atoms with E-state index in [-0.39, 0.29) is 11.9 Å². The highest BCUT2D eigenvalue weighted by Crippen LogP contribution is 1.94. The molecule has 0 aliphatic rings. The predicted octanol–water partition coefficient (Wildman–Crippen LogP) is 0.687. The summed E-state index contributed by atoms with van der Waals surface area (Å²) in [7, 11) is 1.20. The quantitative estimate of drug-likeness (QED) is 0.528. The minimum Gasteiger partial charge on any atom is -0.201 e. The molecule has 0 spiro atoms. The van der Waals surface area contributed by atoms with Crippen molar-refractivity contribution in [1.82, 2.24) is 4.72 Å². The van der Waals surface area contributed by atoms with Crippen molar-refractivity contribution in [1.29, 1.82) is 0 Å². The molecule has 1 unspecified atom stereocenters. The largest absolute Gasteiger partial charge is 0.297 e. The molecular weight excluding hydrogens is 185 g/mol. The van der Waals surface area contributed by atoms with Gasteiger partial charge in [0, 0.05) is 22.6 Å². The van der Waals surface area contributed by atoms with Gasteiger partial charge in [0.2, 0.25) is 0 Å². The second kappa shape index (κ2) is 3.61. The maximum absolute atomic E-state index is 10.1. The van der Waals surface area contributed by atoms with Gasteiger partial charge >= 0.3 is 0 Å². The Morgan fingerprint density at radius 3 is 2.22 bits per heavy atom. The Hall–Kier alpha value is 0.490. The third-order valence-corrected chi connectivity index (χ3v) is 1.53. The van der Waals surface area contributed by atoms with E-state index in [2.05, 4.69) is 0 Å². The Morgan fingerprint density at radius 2 is 2.11 bits per heavy atom. The molecule has 0 rings (SSSR count). The lowest BCUT2D eigenvalue weighted by atomic mass is 10.5. The smallest absolute Gasteiger partial charge is 0.201 e. The summed E-state index contributed by atoms with van der Waals surface area (Å²) in [6.07, 6.45) is 0. The first-order valence-corrected chi connectivity index (χ1v) is 4.99. The third-order valence-electron chi connectivity index (χ3n) is 0.537. The van der Waals surface area contributed by atoms with Crippen LogP contribution in [0.25, 0.3) is 0 Å². The lowest BCUT2D eigenvalue weighted by molar-refractivity contribution is 0.596. The molecule has 0 aliphatic carbocycles.